The summed E-state index contributed by atoms with van der Waals surface area (Å²) in [6, 6.07) is 7.54. The first-order valence-electron chi connectivity index (χ1n) is 5.14. The molecule has 0 aliphatic heterocycles. The fourth-order valence-corrected chi connectivity index (χ4v) is 1.40. The fourth-order valence-electron chi connectivity index (χ4n) is 1.34. The Morgan fingerprint density at radius 2 is 2.39 bits per heavy atom. The third kappa shape index (κ3) is 3.11. The number of aromatic nitrogens is 2. The molecule has 0 aliphatic carbocycles. The van der Waals surface area contributed by atoms with Gasteiger partial charge in [-0.05, 0) is 23.8 Å². The van der Waals surface area contributed by atoms with Gasteiger partial charge in [0.05, 0.1) is 6.21 Å². The molecule has 7 heteroatoms. The van der Waals surface area contributed by atoms with Crippen LogP contribution in [0.25, 0.3) is 11.4 Å². The summed E-state index contributed by atoms with van der Waals surface area (Å²) in [5.41, 5.74) is 9.47. The van der Waals surface area contributed by atoms with Crippen LogP contribution in [0, 0.1) is 6.92 Å². The van der Waals surface area contributed by atoms with Crippen LogP contribution in [0.2, 0.25) is 0 Å². The molecule has 2 aromatic rings. The average molecular weight is 261 g/mol. The SMILES string of the molecule is Cc1nc(-c2cccc(C=NNC(N)=S)c2)no1. The quantitative estimate of drug-likeness (QED) is 0.490. The molecular formula is C11H11N5OS. The van der Waals surface area contributed by atoms with Crippen LogP contribution in [0.15, 0.2) is 33.9 Å². The minimum absolute atomic E-state index is 0.121. The summed E-state index contributed by atoms with van der Waals surface area (Å²) in [7, 11) is 0. The lowest BCUT2D eigenvalue weighted by atomic mass is 10.1. The van der Waals surface area contributed by atoms with Crippen LogP contribution in [-0.2, 0) is 0 Å². The van der Waals surface area contributed by atoms with E-state index in [-0.39, 0.29) is 5.11 Å². The van der Waals surface area contributed by atoms with Gasteiger partial charge in [0.2, 0.25) is 11.7 Å². The summed E-state index contributed by atoms with van der Waals surface area (Å²) < 4.78 is 4.93. The first-order valence-corrected chi connectivity index (χ1v) is 5.55. The van der Waals surface area contributed by atoms with E-state index in [4.69, 9.17) is 10.3 Å². The van der Waals surface area contributed by atoms with E-state index in [2.05, 4.69) is 32.9 Å². The minimum atomic E-state index is 0.121. The number of thiocarbonyl (C=S) groups is 1. The van der Waals surface area contributed by atoms with E-state index in [1.54, 1.807) is 13.1 Å². The summed E-state index contributed by atoms with van der Waals surface area (Å²) in [5.74, 6) is 1.07. The number of benzene rings is 1. The third-order valence-corrected chi connectivity index (χ3v) is 2.15. The van der Waals surface area contributed by atoms with Gasteiger partial charge < -0.3 is 10.3 Å². The molecule has 0 radical (unpaired) electrons. The fraction of sp³-hybridized carbons (Fsp3) is 0.0909. The third-order valence-electron chi connectivity index (χ3n) is 2.06. The number of nitrogens with two attached hydrogens (primary N) is 1. The lowest BCUT2D eigenvalue weighted by molar-refractivity contribution is 0.394. The van der Waals surface area contributed by atoms with Crippen LogP contribution in [0.4, 0.5) is 0 Å². The van der Waals surface area contributed by atoms with Crippen molar-refractivity contribution in [1.29, 1.82) is 0 Å². The van der Waals surface area contributed by atoms with Crippen LogP contribution >= 0.6 is 12.2 Å². The zero-order chi connectivity index (χ0) is 13.0. The van der Waals surface area contributed by atoms with Gasteiger partial charge in [-0.15, -0.1) is 0 Å². The van der Waals surface area contributed by atoms with Gasteiger partial charge in [-0.2, -0.15) is 10.1 Å². The second kappa shape index (κ2) is 5.37. The molecule has 0 saturated heterocycles. The van der Waals surface area contributed by atoms with Crippen LogP contribution in [-0.4, -0.2) is 21.5 Å². The molecule has 18 heavy (non-hydrogen) atoms. The summed E-state index contributed by atoms with van der Waals surface area (Å²) in [6.45, 7) is 1.74. The van der Waals surface area contributed by atoms with Gasteiger partial charge in [0, 0.05) is 12.5 Å². The monoisotopic (exact) mass is 261 g/mol. The molecule has 1 aromatic heterocycles. The number of hydrazone groups is 1. The first-order chi connectivity index (χ1) is 8.65. The number of nitrogens with one attached hydrogen (secondary N) is 1. The molecule has 0 saturated carbocycles. The molecule has 6 nitrogen and oxygen atoms in total. The number of hydrogen-bond acceptors (Lipinski definition) is 5. The van der Waals surface area contributed by atoms with E-state index in [1.807, 2.05) is 24.3 Å². The van der Waals surface area contributed by atoms with Gasteiger partial charge in [-0.25, -0.2) is 0 Å². The second-order valence-corrected chi connectivity index (χ2v) is 3.94. The molecule has 1 aromatic carbocycles. The van der Waals surface area contributed by atoms with Gasteiger partial charge in [0.15, 0.2) is 5.11 Å². The topological polar surface area (TPSA) is 89.3 Å². The number of aryl methyl sites for hydroxylation is 1. The van der Waals surface area contributed by atoms with E-state index in [0.717, 1.165) is 11.1 Å². The largest absolute Gasteiger partial charge is 0.375 e. The standard InChI is InChI=1S/C11H11N5OS/c1-7-14-10(16-17-7)9-4-2-3-8(5-9)6-13-15-11(12)18/h2-6H,1H3,(H3,12,15,18). The van der Waals surface area contributed by atoms with Gasteiger partial charge >= 0.3 is 0 Å². The lowest BCUT2D eigenvalue weighted by Gasteiger charge is -1.97. The molecule has 0 fully saturated rings. The Labute approximate surface area is 109 Å². The highest BCUT2D eigenvalue weighted by Crippen LogP contribution is 2.16. The van der Waals surface area contributed by atoms with E-state index < -0.39 is 0 Å². The summed E-state index contributed by atoms with van der Waals surface area (Å²) in [4.78, 5) is 4.15. The molecule has 0 atom stereocenters. The van der Waals surface area contributed by atoms with E-state index >= 15 is 0 Å². The lowest BCUT2D eigenvalue weighted by Crippen LogP contribution is -2.23. The van der Waals surface area contributed by atoms with Crippen molar-refractivity contribution in [2.75, 3.05) is 0 Å². The van der Waals surface area contributed by atoms with E-state index in [0.29, 0.717) is 11.7 Å². The second-order valence-electron chi connectivity index (χ2n) is 3.50. The molecule has 0 amide bonds. The van der Waals surface area contributed by atoms with Crippen LogP contribution in [0.3, 0.4) is 0 Å². The van der Waals surface area contributed by atoms with Crippen molar-refractivity contribution >= 4 is 23.5 Å². The predicted octanol–water partition coefficient (Wildman–Crippen LogP) is 1.21. The molecule has 0 aliphatic rings. The van der Waals surface area contributed by atoms with Crippen molar-refractivity contribution in [1.82, 2.24) is 15.6 Å². The summed E-state index contributed by atoms with van der Waals surface area (Å²) >= 11 is 4.64. The molecule has 0 unspecified atom stereocenters. The highest BCUT2D eigenvalue weighted by molar-refractivity contribution is 7.80. The van der Waals surface area contributed by atoms with Crippen molar-refractivity contribution in [3.63, 3.8) is 0 Å². The van der Waals surface area contributed by atoms with E-state index in [9.17, 15) is 0 Å². The first kappa shape index (κ1) is 12.2. The maximum absolute atomic E-state index is 5.25. The zero-order valence-corrected chi connectivity index (χ0v) is 10.4. The number of nitrogens with zero attached hydrogens (tertiary/aromatic N) is 3. The highest BCUT2D eigenvalue weighted by Gasteiger charge is 2.05. The van der Waals surface area contributed by atoms with E-state index in [1.165, 1.54) is 0 Å². The Morgan fingerprint density at radius 3 is 3.06 bits per heavy atom. The molecule has 2 rings (SSSR count). The average Bonchev–Trinajstić information content (AvgIpc) is 2.76. The molecule has 3 N–H and O–H groups in total. The number of rotatable bonds is 3. The Hall–Kier alpha value is -2.28. The van der Waals surface area contributed by atoms with Crippen molar-refractivity contribution in [2.45, 2.75) is 6.92 Å². The normalized spacial score (nSPS) is 10.7. The smallest absolute Gasteiger partial charge is 0.223 e. The zero-order valence-electron chi connectivity index (χ0n) is 9.62. The molecular weight excluding hydrogens is 250 g/mol. The minimum Gasteiger partial charge on any atom is -0.375 e. The van der Waals surface area contributed by atoms with Crippen molar-refractivity contribution in [3.8, 4) is 11.4 Å². The van der Waals surface area contributed by atoms with Crippen LogP contribution < -0.4 is 11.2 Å². The van der Waals surface area contributed by atoms with Crippen molar-refractivity contribution < 1.29 is 4.52 Å². The summed E-state index contributed by atoms with van der Waals surface area (Å²) in [6.07, 6.45) is 1.61. The Morgan fingerprint density at radius 1 is 1.56 bits per heavy atom. The van der Waals surface area contributed by atoms with Crippen molar-refractivity contribution in [3.05, 3.63) is 35.7 Å². The van der Waals surface area contributed by atoms with Gasteiger partial charge in [-0.3, -0.25) is 5.43 Å². The molecule has 92 valence electrons. The van der Waals surface area contributed by atoms with Gasteiger partial charge in [0.1, 0.15) is 0 Å². The van der Waals surface area contributed by atoms with Crippen LogP contribution in [0.5, 0.6) is 0 Å². The molecule has 0 bridgehead atoms. The number of hydrogen-bond donors (Lipinski definition) is 2. The predicted molar refractivity (Wildman–Crippen MR) is 72.0 cm³/mol. The molecule has 0 spiro atoms. The Bertz CT molecular complexity index is 593. The van der Waals surface area contributed by atoms with Gasteiger partial charge in [-0.1, -0.05) is 23.4 Å². The maximum Gasteiger partial charge on any atom is 0.223 e. The summed E-state index contributed by atoms with van der Waals surface area (Å²) in [5, 5.41) is 7.85. The highest BCUT2D eigenvalue weighted by atomic mass is 32.1. The van der Waals surface area contributed by atoms with Crippen LogP contribution in [0.1, 0.15) is 11.5 Å². The van der Waals surface area contributed by atoms with Crippen molar-refractivity contribution in [2.24, 2.45) is 10.8 Å². The Kier molecular flexibility index (Phi) is 3.63. The maximum atomic E-state index is 5.25. The molecule has 1 heterocycles. The Balaban J connectivity index is 2.20. The van der Waals surface area contributed by atoms with Gasteiger partial charge in [0.25, 0.3) is 0 Å².